The zero-order valence-electron chi connectivity index (χ0n) is 10.7. The Balaban J connectivity index is 1.76. The lowest BCUT2D eigenvalue weighted by Gasteiger charge is -2.02. The molecular formula is C14H14N4O2. The molecule has 0 unspecified atom stereocenters. The van der Waals surface area contributed by atoms with Crippen molar-refractivity contribution in [2.45, 2.75) is 6.42 Å². The Morgan fingerprint density at radius 2 is 2.10 bits per heavy atom. The molecule has 3 N–H and O–H groups in total. The summed E-state index contributed by atoms with van der Waals surface area (Å²) in [5, 5.41) is 16.7. The molecule has 6 heteroatoms. The fourth-order valence-electron chi connectivity index (χ4n) is 1.48. The summed E-state index contributed by atoms with van der Waals surface area (Å²) in [5.74, 6) is -0.310. The summed E-state index contributed by atoms with van der Waals surface area (Å²) in [6.07, 6.45) is 4.54. The summed E-state index contributed by atoms with van der Waals surface area (Å²) in [5.41, 5.74) is 1.44. The van der Waals surface area contributed by atoms with Crippen LogP contribution in [0.25, 0.3) is 0 Å². The van der Waals surface area contributed by atoms with Crippen molar-refractivity contribution in [3.8, 4) is 0 Å². The summed E-state index contributed by atoms with van der Waals surface area (Å²) in [6, 6.07) is 11.1. The maximum Gasteiger partial charge on any atom is 0.231 e. The molecule has 1 amide bonds. The van der Waals surface area contributed by atoms with Gasteiger partial charge in [-0.1, -0.05) is 23.4 Å². The third-order valence-electron chi connectivity index (χ3n) is 2.38. The van der Waals surface area contributed by atoms with E-state index < -0.39 is 0 Å². The Hall–Kier alpha value is -2.89. The fraction of sp³-hybridized carbons (Fsp3) is 0.0714. The van der Waals surface area contributed by atoms with Crippen LogP contribution in [-0.4, -0.2) is 16.9 Å². The minimum absolute atomic E-state index is 0.00178. The number of carbonyl (C=O) groups excluding carboxylic acids is 1. The van der Waals surface area contributed by atoms with Gasteiger partial charge in [0.05, 0.1) is 12.1 Å². The Morgan fingerprint density at radius 3 is 2.80 bits per heavy atom. The first-order valence-electron chi connectivity index (χ1n) is 6.00. The van der Waals surface area contributed by atoms with Crippen molar-refractivity contribution in [2.24, 2.45) is 0 Å². The number of amidine groups is 1. The van der Waals surface area contributed by atoms with Gasteiger partial charge >= 0.3 is 0 Å². The molecule has 2 aromatic rings. The highest BCUT2D eigenvalue weighted by Gasteiger charge is 2.06. The number of hydrogen-bond acceptors (Lipinski definition) is 5. The highest BCUT2D eigenvalue weighted by Crippen LogP contribution is 2.04. The second kappa shape index (κ2) is 6.89. The molecule has 0 saturated heterocycles. The van der Waals surface area contributed by atoms with Gasteiger partial charge in [-0.25, -0.2) is 0 Å². The second-order valence-corrected chi connectivity index (χ2v) is 3.97. The molecule has 0 aliphatic heterocycles. The van der Waals surface area contributed by atoms with E-state index >= 15 is 0 Å². The minimum atomic E-state index is -0.312. The smallest absolute Gasteiger partial charge is 0.231 e. The quantitative estimate of drug-likeness (QED) is 0.572. The monoisotopic (exact) mass is 270 g/mol. The average Bonchev–Trinajstić information content (AvgIpc) is 2.92. The highest BCUT2D eigenvalue weighted by molar-refractivity contribution is 6.03. The summed E-state index contributed by atoms with van der Waals surface area (Å²) >= 11 is 0. The van der Waals surface area contributed by atoms with Crippen LogP contribution in [0.4, 0.5) is 5.69 Å². The fourth-order valence-corrected chi connectivity index (χ4v) is 1.48. The van der Waals surface area contributed by atoms with E-state index in [9.17, 15) is 4.79 Å². The van der Waals surface area contributed by atoms with Crippen LogP contribution < -0.4 is 10.6 Å². The normalized spacial score (nSPS) is 10.4. The predicted molar refractivity (Wildman–Crippen MR) is 75.3 cm³/mol. The predicted octanol–water partition coefficient (Wildman–Crippen LogP) is 1.94. The standard InChI is InChI=1S/C14H14N4O2/c15-13(6-8-16-11-4-2-1-3-5-11)17-14(19)10-12-7-9-20-18-12/h1-9,16H,10H2,(H2,15,17,19)/b8-6-. The lowest BCUT2D eigenvalue weighted by atomic mass is 10.3. The van der Waals surface area contributed by atoms with Gasteiger partial charge in [-0.2, -0.15) is 0 Å². The third-order valence-corrected chi connectivity index (χ3v) is 2.38. The van der Waals surface area contributed by atoms with Crippen LogP contribution >= 0.6 is 0 Å². The van der Waals surface area contributed by atoms with Crippen molar-refractivity contribution in [3.05, 3.63) is 60.6 Å². The molecule has 102 valence electrons. The number of nitrogens with zero attached hydrogens (tertiary/aromatic N) is 1. The van der Waals surface area contributed by atoms with Crippen LogP contribution in [0.1, 0.15) is 5.69 Å². The summed E-state index contributed by atoms with van der Waals surface area (Å²) in [7, 11) is 0. The number of benzene rings is 1. The van der Waals surface area contributed by atoms with E-state index in [4.69, 9.17) is 5.41 Å². The van der Waals surface area contributed by atoms with Crippen molar-refractivity contribution in [3.63, 3.8) is 0 Å². The first kappa shape index (κ1) is 13.5. The third kappa shape index (κ3) is 4.41. The zero-order valence-corrected chi connectivity index (χ0v) is 10.7. The molecule has 20 heavy (non-hydrogen) atoms. The molecule has 0 aliphatic carbocycles. The molecule has 1 aromatic heterocycles. The van der Waals surface area contributed by atoms with E-state index in [1.807, 2.05) is 30.3 Å². The van der Waals surface area contributed by atoms with Crippen LogP contribution in [0.2, 0.25) is 0 Å². The van der Waals surface area contributed by atoms with Gasteiger partial charge in [0.2, 0.25) is 5.91 Å². The maximum absolute atomic E-state index is 11.6. The molecule has 2 rings (SSSR count). The van der Waals surface area contributed by atoms with Crippen molar-refractivity contribution >= 4 is 17.4 Å². The Kier molecular flexibility index (Phi) is 4.66. The van der Waals surface area contributed by atoms with E-state index in [1.54, 1.807) is 12.3 Å². The number of carbonyl (C=O) groups is 1. The molecule has 6 nitrogen and oxygen atoms in total. The molecule has 0 saturated carbocycles. The second-order valence-electron chi connectivity index (χ2n) is 3.97. The van der Waals surface area contributed by atoms with Gasteiger partial charge in [0.1, 0.15) is 12.1 Å². The highest BCUT2D eigenvalue weighted by atomic mass is 16.5. The van der Waals surface area contributed by atoms with E-state index in [1.165, 1.54) is 12.3 Å². The van der Waals surface area contributed by atoms with Gasteiger partial charge in [-0.15, -0.1) is 0 Å². The van der Waals surface area contributed by atoms with E-state index in [0.29, 0.717) is 5.69 Å². The van der Waals surface area contributed by atoms with Crippen LogP contribution in [0, 0.1) is 5.41 Å². The van der Waals surface area contributed by atoms with Gasteiger partial charge in [0, 0.05) is 18.0 Å². The first-order valence-corrected chi connectivity index (χ1v) is 6.00. The zero-order chi connectivity index (χ0) is 14.2. The number of nitrogens with one attached hydrogen (secondary N) is 3. The number of hydrogen-bond donors (Lipinski definition) is 3. The largest absolute Gasteiger partial charge is 0.364 e. The number of anilines is 1. The summed E-state index contributed by atoms with van der Waals surface area (Å²) < 4.78 is 4.63. The molecule has 0 radical (unpaired) electrons. The number of rotatable bonds is 5. The lowest BCUT2D eigenvalue weighted by Crippen LogP contribution is -2.29. The lowest BCUT2D eigenvalue weighted by molar-refractivity contribution is -0.119. The van der Waals surface area contributed by atoms with Gasteiger partial charge < -0.3 is 15.2 Å². The number of para-hydroxylation sites is 1. The van der Waals surface area contributed by atoms with Crippen molar-refractivity contribution in [2.75, 3.05) is 5.32 Å². The van der Waals surface area contributed by atoms with Gasteiger partial charge in [-0.3, -0.25) is 10.2 Å². The van der Waals surface area contributed by atoms with E-state index in [-0.39, 0.29) is 18.2 Å². The average molecular weight is 270 g/mol. The molecule has 1 heterocycles. The van der Waals surface area contributed by atoms with Gasteiger partial charge in [0.25, 0.3) is 0 Å². The van der Waals surface area contributed by atoms with Crippen LogP contribution in [0.5, 0.6) is 0 Å². The van der Waals surface area contributed by atoms with Crippen LogP contribution in [0.3, 0.4) is 0 Å². The van der Waals surface area contributed by atoms with E-state index in [2.05, 4.69) is 20.3 Å². The topological polar surface area (TPSA) is 91.0 Å². The Bertz CT molecular complexity index is 591. The number of amides is 1. The summed E-state index contributed by atoms with van der Waals surface area (Å²) in [4.78, 5) is 11.6. The number of aromatic nitrogens is 1. The molecule has 0 spiro atoms. The molecular weight excluding hydrogens is 256 g/mol. The van der Waals surface area contributed by atoms with Crippen LogP contribution in [-0.2, 0) is 11.2 Å². The van der Waals surface area contributed by atoms with Crippen molar-refractivity contribution in [1.29, 1.82) is 5.41 Å². The molecule has 0 bridgehead atoms. The van der Waals surface area contributed by atoms with Crippen molar-refractivity contribution < 1.29 is 9.32 Å². The molecule has 0 atom stereocenters. The van der Waals surface area contributed by atoms with E-state index in [0.717, 1.165) is 5.69 Å². The van der Waals surface area contributed by atoms with Gasteiger partial charge in [-0.05, 0) is 18.2 Å². The SMILES string of the molecule is N=C(/C=C\Nc1ccccc1)NC(=O)Cc1ccon1. The minimum Gasteiger partial charge on any atom is -0.364 e. The molecule has 0 aliphatic rings. The Labute approximate surface area is 116 Å². The van der Waals surface area contributed by atoms with Crippen molar-refractivity contribution in [1.82, 2.24) is 10.5 Å². The van der Waals surface area contributed by atoms with Gasteiger partial charge in [0.15, 0.2) is 0 Å². The molecule has 0 fully saturated rings. The first-order chi connectivity index (χ1) is 9.74. The Morgan fingerprint density at radius 1 is 1.30 bits per heavy atom. The maximum atomic E-state index is 11.6. The molecule has 1 aromatic carbocycles. The van der Waals surface area contributed by atoms with Crippen LogP contribution in [0.15, 0.2) is 59.5 Å². The summed E-state index contributed by atoms with van der Waals surface area (Å²) in [6.45, 7) is 0.